The summed E-state index contributed by atoms with van der Waals surface area (Å²) in [7, 11) is 3.39. The predicted octanol–water partition coefficient (Wildman–Crippen LogP) is 1.50. The maximum absolute atomic E-state index is 5.43. The third kappa shape index (κ3) is 2.47. The number of benzene rings is 1. The Kier molecular flexibility index (Phi) is 3.74. The summed E-state index contributed by atoms with van der Waals surface area (Å²) < 4.78 is 10.7. The van der Waals surface area contributed by atoms with Crippen LogP contribution in [0.1, 0.15) is 6.92 Å². The van der Waals surface area contributed by atoms with Crippen LogP contribution in [0.5, 0.6) is 11.5 Å². The first-order valence-corrected chi connectivity index (χ1v) is 5.95. The van der Waals surface area contributed by atoms with E-state index >= 15 is 0 Å². The Morgan fingerprint density at radius 3 is 2.76 bits per heavy atom. The Labute approximate surface area is 103 Å². The van der Waals surface area contributed by atoms with Gasteiger partial charge in [0.25, 0.3) is 0 Å². The summed E-state index contributed by atoms with van der Waals surface area (Å²) in [5.74, 6) is 1.77. The highest BCUT2D eigenvalue weighted by Gasteiger charge is 2.21. The molecule has 0 aliphatic carbocycles. The Hall–Kier alpha value is -1.42. The molecule has 0 radical (unpaired) electrons. The molecule has 1 fully saturated rings. The van der Waals surface area contributed by atoms with Crippen LogP contribution < -0.4 is 19.7 Å². The summed E-state index contributed by atoms with van der Waals surface area (Å²) in [5.41, 5.74) is 1.11. The zero-order valence-corrected chi connectivity index (χ0v) is 10.7. The van der Waals surface area contributed by atoms with Crippen molar-refractivity contribution < 1.29 is 9.47 Å². The number of nitrogens with zero attached hydrogens (tertiary/aromatic N) is 1. The predicted molar refractivity (Wildman–Crippen MR) is 69.2 cm³/mol. The zero-order chi connectivity index (χ0) is 12.3. The number of nitrogens with one attached hydrogen (secondary N) is 1. The first kappa shape index (κ1) is 12.0. The van der Waals surface area contributed by atoms with Crippen molar-refractivity contribution in [2.45, 2.75) is 13.0 Å². The van der Waals surface area contributed by atoms with Crippen molar-refractivity contribution in [1.29, 1.82) is 0 Å². The molecule has 1 aromatic carbocycles. The average Bonchev–Trinajstić information content (AvgIpc) is 2.38. The van der Waals surface area contributed by atoms with E-state index in [0.29, 0.717) is 6.04 Å². The Balaban J connectivity index is 2.33. The van der Waals surface area contributed by atoms with Gasteiger partial charge in [-0.2, -0.15) is 0 Å². The van der Waals surface area contributed by atoms with E-state index in [1.165, 1.54) is 0 Å². The number of hydrogen-bond donors (Lipinski definition) is 1. The highest BCUT2D eigenvalue weighted by molar-refractivity contribution is 5.62. The average molecular weight is 236 g/mol. The molecule has 1 heterocycles. The van der Waals surface area contributed by atoms with Crippen molar-refractivity contribution in [2.75, 3.05) is 38.8 Å². The normalized spacial score (nSPS) is 20.2. The lowest BCUT2D eigenvalue weighted by atomic mass is 10.1. The van der Waals surface area contributed by atoms with Crippen LogP contribution in [0.4, 0.5) is 5.69 Å². The van der Waals surface area contributed by atoms with Crippen LogP contribution in [-0.4, -0.2) is 39.9 Å². The van der Waals surface area contributed by atoms with Crippen LogP contribution in [-0.2, 0) is 0 Å². The summed E-state index contributed by atoms with van der Waals surface area (Å²) in [4.78, 5) is 2.36. The summed E-state index contributed by atoms with van der Waals surface area (Å²) in [6.07, 6.45) is 0. The third-order valence-electron chi connectivity index (χ3n) is 3.20. The van der Waals surface area contributed by atoms with Crippen molar-refractivity contribution in [1.82, 2.24) is 5.32 Å². The molecule has 1 N–H and O–H groups in total. The molecule has 0 aromatic heterocycles. The lowest BCUT2D eigenvalue weighted by Crippen LogP contribution is -2.50. The summed E-state index contributed by atoms with van der Waals surface area (Å²) in [5, 5.41) is 3.39. The van der Waals surface area contributed by atoms with E-state index < -0.39 is 0 Å². The minimum absolute atomic E-state index is 0.463. The molecule has 0 saturated carbocycles. The second-order valence-corrected chi connectivity index (χ2v) is 4.28. The maximum Gasteiger partial charge on any atom is 0.142 e. The Morgan fingerprint density at radius 2 is 2.12 bits per heavy atom. The van der Waals surface area contributed by atoms with Crippen molar-refractivity contribution in [3.8, 4) is 11.5 Å². The molecule has 4 nitrogen and oxygen atoms in total. The van der Waals surface area contributed by atoms with E-state index in [9.17, 15) is 0 Å². The standard InChI is InChI=1S/C13H20N2O2/c1-10-9-14-6-7-15(10)12-8-11(16-2)4-5-13(12)17-3/h4-5,8,10,14H,6-7,9H2,1-3H3. The van der Waals surface area contributed by atoms with Crippen molar-refractivity contribution in [3.63, 3.8) is 0 Å². The molecule has 1 aliphatic rings. The summed E-state index contributed by atoms with van der Waals surface area (Å²) in [6, 6.07) is 6.39. The minimum atomic E-state index is 0.463. The number of piperazine rings is 1. The molecule has 2 rings (SSSR count). The highest BCUT2D eigenvalue weighted by atomic mass is 16.5. The van der Waals surface area contributed by atoms with E-state index in [-0.39, 0.29) is 0 Å². The van der Waals surface area contributed by atoms with Gasteiger partial charge < -0.3 is 19.7 Å². The third-order valence-corrected chi connectivity index (χ3v) is 3.20. The smallest absolute Gasteiger partial charge is 0.142 e. The van der Waals surface area contributed by atoms with Crippen LogP contribution in [0, 0.1) is 0 Å². The van der Waals surface area contributed by atoms with Gasteiger partial charge in [0.05, 0.1) is 19.9 Å². The molecule has 1 saturated heterocycles. The fourth-order valence-electron chi connectivity index (χ4n) is 2.22. The quantitative estimate of drug-likeness (QED) is 0.862. The Morgan fingerprint density at radius 1 is 1.29 bits per heavy atom. The van der Waals surface area contributed by atoms with E-state index in [0.717, 1.165) is 36.8 Å². The number of anilines is 1. The van der Waals surface area contributed by atoms with Gasteiger partial charge in [-0.05, 0) is 19.1 Å². The minimum Gasteiger partial charge on any atom is -0.497 e. The van der Waals surface area contributed by atoms with Crippen molar-refractivity contribution in [3.05, 3.63) is 18.2 Å². The van der Waals surface area contributed by atoms with Gasteiger partial charge in [-0.3, -0.25) is 0 Å². The largest absolute Gasteiger partial charge is 0.497 e. The fraction of sp³-hybridized carbons (Fsp3) is 0.538. The topological polar surface area (TPSA) is 33.7 Å². The molecule has 17 heavy (non-hydrogen) atoms. The number of rotatable bonds is 3. The zero-order valence-electron chi connectivity index (χ0n) is 10.7. The SMILES string of the molecule is COc1ccc(OC)c(N2CCNCC2C)c1. The van der Waals surface area contributed by atoms with Crippen LogP contribution in [0.15, 0.2) is 18.2 Å². The van der Waals surface area contributed by atoms with E-state index in [4.69, 9.17) is 9.47 Å². The Bertz CT molecular complexity index is 382. The summed E-state index contributed by atoms with van der Waals surface area (Å²) >= 11 is 0. The highest BCUT2D eigenvalue weighted by Crippen LogP contribution is 2.33. The maximum atomic E-state index is 5.43. The number of ether oxygens (including phenoxy) is 2. The molecule has 0 spiro atoms. The van der Waals surface area contributed by atoms with Crippen LogP contribution in [0.2, 0.25) is 0 Å². The molecule has 0 amide bonds. The van der Waals surface area contributed by atoms with Gasteiger partial charge in [0.15, 0.2) is 0 Å². The van der Waals surface area contributed by atoms with Gasteiger partial charge in [0.1, 0.15) is 11.5 Å². The molecule has 1 atom stereocenters. The van der Waals surface area contributed by atoms with Crippen molar-refractivity contribution in [2.24, 2.45) is 0 Å². The van der Waals surface area contributed by atoms with E-state index in [1.54, 1.807) is 14.2 Å². The van der Waals surface area contributed by atoms with E-state index in [2.05, 4.69) is 17.1 Å². The monoisotopic (exact) mass is 236 g/mol. The van der Waals surface area contributed by atoms with Gasteiger partial charge >= 0.3 is 0 Å². The lowest BCUT2D eigenvalue weighted by Gasteiger charge is -2.36. The first-order chi connectivity index (χ1) is 8.26. The summed E-state index contributed by atoms with van der Waals surface area (Å²) in [6.45, 7) is 5.21. The first-order valence-electron chi connectivity index (χ1n) is 5.95. The van der Waals surface area contributed by atoms with Crippen molar-refractivity contribution >= 4 is 5.69 Å². The molecule has 0 bridgehead atoms. The van der Waals surface area contributed by atoms with Gasteiger partial charge in [-0.15, -0.1) is 0 Å². The van der Waals surface area contributed by atoms with Crippen LogP contribution in [0.25, 0.3) is 0 Å². The molecule has 1 aromatic rings. The second-order valence-electron chi connectivity index (χ2n) is 4.28. The van der Waals surface area contributed by atoms with E-state index in [1.807, 2.05) is 18.2 Å². The van der Waals surface area contributed by atoms with Gasteiger partial charge in [0.2, 0.25) is 0 Å². The lowest BCUT2D eigenvalue weighted by molar-refractivity contribution is 0.399. The molecule has 1 aliphatic heterocycles. The fourth-order valence-corrected chi connectivity index (χ4v) is 2.22. The molecule has 94 valence electrons. The molecule has 4 heteroatoms. The van der Waals surface area contributed by atoms with Crippen LogP contribution in [0.3, 0.4) is 0 Å². The van der Waals surface area contributed by atoms with Gasteiger partial charge in [-0.1, -0.05) is 0 Å². The van der Waals surface area contributed by atoms with Gasteiger partial charge in [-0.25, -0.2) is 0 Å². The van der Waals surface area contributed by atoms with Gasteiger partial charge in [0, 0.05) is 31.7 Å². The second kappa shape index (κ2) is 5.27. The molecular weight excluding hydrogens is 216 g/mol. The number of hydrogen-bond acceptors (Lipinski definition) is 4. The molecule has 1 unspecified atom stereocenters. The van der Waals surface area contributed by atoms with Crippen LogP contribution >= 0.6 is 0 Å². The molecular formula is C13H20N2O2. The number of methoxy groups -OCH3 is 2.